The standard InChI is InChI=1S/C4H13N3O3.ClH/c8-1-5-4(6-2-9)7-3-10;/h4-10H,1-3H2;1H/p-1. The SMILES string of the molecule is OCNC(NCO)NCO.[Cl-]. The van der Waals surface area contributed by atoms with Crippen LogP contribution in [0.3, 0.4) is 0 Å². The van der Waals surface area contributed by atoms with E-state index in [-0.39, 0.29) is 32.6 Å². The predicted octanol–water partition coefficient (Wildman–Crippen LogP) is -6.11. The van der Waals surface area contributed by atoms with Gasteiger partial charge >= 0.3 is 0 Å². The Hall–Kier alpha value is 0.0500. The molecule has 6 N–H and O–H groups in total. The summed E-state index contributed by atoms with van der Waals surface area (Å²) in [6.45, 7) is -0.694. The van der Waals surface area contributed by atoms with Crippen LogP contribution < -0.4 is 28.4 Å². The second-order valence-electron chi connectivity index (χ2n) is 1.52. The number of aliphatic hydroxyl groups is 3. The van der Waals surface area contributed by atoms with Crippen LogP contribution in [0.5, 0.6) is 0 Å². The van der Waals surface area contributed by atoms with Crippen LogP contribution in [0, 0.1) is 0 Å². The molecule has 0 unspecified atom stereocenters. The maximum absolute atomic E-state index is 8.34. The van der Waals surface area contributed by atoms with E-state index in [1.807, 2.05) is 0 Å². The molecule has 0 spiro atoms. The summed E-state index contributed by atoms with van der Waals surface area (Å²) in [6, 6.07) is 0. The van der Waals surface area contributed by atoms with Gasteiger partial charge in [0.05, 0.1) is 20.2 Å². The maximum Gasteiger partial charge on any atom is 0.117 e. The summed E-state index contributed by atoms with van der Waals surface area (Å²) in [5.74, 6) is 0. The van der Waals surface area contributed by atoms with Gasteiger partial charge in [0.2, 0.25) is 0 Å². The number of halogens is 1. The van der Waals surface area contributed by atoms with Crippen LogP contribution in [0.1, 0.15) is 0 Å². The van der Waals surface area contributed by atoms with Gasteiger partial charge in [-0.1, -0.05) is 0 Å². The second-order valence-corrected chi connectivity index (χ2v) is 1.52. The number of nitrogens with one attached hydrogen (secondary N) is 3. The van der Waals surface area contributed by atoms with E-state index in [1.54, 1.807) is 0 Å². The summed E-state index contributed by atoms with van der Waals surface area (Å²) in [5, 5.41) is 32.5. The fourth-order valence-corrected chi connectivity index (χ4v) is 0.490. The first-order valence-electron chi connectivity index (χ1n) is 2.88. The van der Waals surface area contributed by atoms with Crippen LogP contribution in [-0.2, 0) is 0 Å². The fraction of sp³-hybridized carbons (Fsp3) is 1.00. The molecular formula is C4H13ClN3O3-. The largest absolute Gasteiger partial charge is 1.00 e. The van der Waals surface area contributed by atoms with Gasteiger partial charge in [0.15, 0.2) is 0 Å². The average molecular weight is 187 g/mol. The quantitative estimate of drug-likeness (QED) is 0.231. The predicted molar refractivity (Wildman–Crippen MR) is 34.5 cm³/mol. The Morgan fingerprint density at radius 2 is 1.09 bits per heavy atom. The molecule has 0 fully saturated rings. The monoisotopic (exact) mass is 186 g/mol. The van der Waals surface area contributed by atoms with E-state index in [2.05, 4.69) is 16.0 Å². The van der Waals surface area contributed by atoms with Crippen LogP contribution in [0.15, 0.2) is 0 Å². The van der Waals surface area contributed by atoms with Crippen molar-refractivity contribution in [3.05, 3.63) is 0 Å². The molecule has 0 aliphatic carbocycles. The van der Waals surface area contributed by atoms with Crippen molar-refractivity contribution in [1.82, 2.24) is 16.0 Å². The first-order chi connectivity index (χ1) is 4.85. The van der Waals surface area contributed by atoms with Gasteiger partial charge in [0.1, 0.15) is 6.29 Å². The van der Waals surface area contributed by atoms with Gasteiger partial charge in [-0.05, 0) is 0 Å². The lowest BCUT2D eigenvalue weighted by Crippen LogP contribution is -3.00. The summed E-state index contributed by atoms with van der Waals surface area (Å²) < 4.78 is 0. The minimum atomic E-state index is -0.472. The summed E-state index contributed by atoms with van der Waals surface area (Å²) >= 11 is 0. The van der Waals surface area contributed by atoms with E-state index in [9.17, 15) is 0 Å². The van der Waals surface area contributed by atoms with Crippen molar-refractivity contribution in [2.75, 3.05) is 20.2 Å². The number of rotatable bonds is 6. The normalized spacial score (nSPS) is 9.82. The molecule has 0 saturated heterocycles. The Kier molecular flexibility index (Phi) is 12.5. The third-order valence-electron chi connectivity index (χ3n) is 0.886. The number of aliphatic hydroxyl groups excluding tert-OH is 3. The van der Waals surface area contributed by atoms with Crippen molar-refractivity contribution in [2.24, 2.45) is 0 Å². The first-order valence-corrected chi connectivity index (χ1v) is 2.88. The lowest BCUT2D eigenvalue weighted by molar-refractivity contribution is -0.00000823. The van der Waals surface area contributed by atoms with Crippen molar-refractivity contribution in [2.45, 2.75) is 6.29 Å². The minimum absolute atomic E-state index is 0. The maximum atomic E-state index is 8.34. The third kappa shape index (κ3) is 7.95. The second kappa shape index (κ2) is 10.0. The molecule has 70 valence electrons. The third-order valence-corrected chi connectivity index (χ3v) is 0.886. The Morgan fingerprint density at radius 3 is 1.27 bits per heavy atom. The molecule has 0 saturated carbocycles. The van der Waals surface area contributed by atoms with E-state index in [0.717, 1.165) is 0 Å². The highest BCUT2D eigenvalue weighted by atomic mass is 35.5. The lowest BCUT2D eigenvalue weighted by Gasteiger charge is -2.17. The van der Waals surface area contributed by atoms with Crippen LogP contribution in [-0.4, -0.2) is 41.8 Å². The summed E-state index contributed by atoms with van der Waals surface area (Å²) in [4.78, 5) is 0. The Balaban J connectivity index is 0. The smallest absolute Gasteiger partial charge is 0.117 e. The molecule has 0 bridgehead atoms. The van der Waals surface area contributed by atoms with Gasteiger partial charge in [0, 0.05) is 0 Å². The van der Waals surface area contributed by atoms with E-state index < -0.39 is 6.29 Å². The Labute approximate surface area is 71.0 Å². The zero-order valence-corrected chi connectivity index (χ0v) is 6.67. The van der Waals surface area contributed by atoms with Gasteiger partial charge in [-0.25, -0.2) is 0 Å². The molecule has 0 amide bonds. The molecule has 0 radical (unpaired) electrons. The highest BCUT2D eigenvalue weighted by Crippen LogP contribution is 1.66. The van der Waals surface area contributed by atoms with Crippen molar-refractivity contribution in [3.8, 4) is 0 Å². The molecule has 0 aromatic rings. The first kappa shape index (κ1) is 13.6. The van der Waals surface area contributed by atoms with Gasteiger partial charge < -0.3 is 27.7 Å². The highest BCUT2D eigenvalue weighted by molar-refractivity contribution is 4.52. The van der Waals surface area contributed by atoms with Gasteiger partial charge in [-0.15, -0.1) is 0 Å². The van der Waals surface area contributed by atoms with Crippen LogP contribution in [0.2, 0.25) is 0 Å². The van der Waals surface area contributed by atoms with Gasteiger partial charge in [-0.2, -0.15) is 0 Å². The molecule has 0 aromatic carbocycles. The molecule has 0 aliphatic heterocycles. The Morgan fingerprint density at radius 1 is 0.818 bits per heavy atom. The van der Waals surface area contributed by atoms with E-state index >= 15 is 0 Å². The van der Waals surface area contributed by atoms with Gasteiger partial charge in [0.25, 0.3) is 0 Å². The summed E-state index contributed by atoms with van der Waals surface area (Å²) in [7, 11) is 0. The number of hydrogen-bond donors (Lipinski definition) is 6. The lowest BCUT2D eigenvalue weighted by atomic mass is 10.7. The van der Waals surface area contributed by atoms with Gasteiger partial charge in [-0.3, -0.25) is 16.0 Å². The van der Waals surface area contributed by atoms with Crippen LogP contribution >= 0.6 is 0 Å². The van der Waals surface area contributed by atoms with E-state index in [0.29, 0.717) is 0 Å². The van der Waals surface area contributed by atoms with Crippen LogP contribution in [0.4, 0.5) is 0 Å². The van der Waals surface area contributed by atoms with Crippen LogP contribution in [0.25, 0.3) is 0 Å². The van der Waals surface area contributed by atoms with E-state index in [4.69, 9.17) is 15.3 Å². The molecule has 0 heterocycles. The number of hydrogen-bond acceptors (Lipinski definition) is 6. The highest BCUT2D eigenvalue weighted by Gasteiger charge is 2.00. The summed E-state index contributed by atoms with van der Waals surface area (Å²) in [6.07, 6.45) is -0.472. The van der Waals surface area contributed by atoms with Crippen molar-refractivity contribution >= 4 is 0 Å². The Bertz CT molecular complexity index is 63.3. The van der Waals surface area contributed by atoms with E-state index in [1.165, 1.54) is 0 Å². The molecule has 11 heavy (non-hydrogen) atoms. The molecular weight excluding hydrogens is 174 g/mol. The average Bonchev–Trinajstić information content (AvgIpc) is 1.90. The molecule has 7 heteroatoms. The van der Waals surface area contributed by atoms with Crippen molar-refractivity contribution < 1.29 is 27.7 Å². The van der Waals surface area contributed by atoms with Crippen molar-refractivity contribution in [3.63, 3.8) is 0 Å². The molecule has 0 aliphatic rings. The summed E-state index contributed by atoms with van der Waals surface area (Å²) in [5.41, 5.74) is 0. The van der Waals surface area contributed by atoms with Crippen molar-refractivity contribution in [1.29, 1.82) is 0 Å². The molecule has 6 nitrogen and oxygen atoms in total. The zero-order valence-electron chi connectivity index (χ0n) is 5.92. The molecule has 0 atom stereocenters. The fourth-order valence-electron chi connectivity index (χ4n) is 0.490. The zero-order chi connectivity index (χ0) is 7.82. The topological polar surface area (TPSA) is 96.8 Å². The molecule has 0 rings (SSSR count). The molecule has 0 aromatic heterocycles. The minimum Gasteiger partial charge on any atom is -1.00 e.